The lowest BCUT2D eigenvalue weighted by Gasteiger charge is -2.19. The van der Waals surface area contributed by atoms with Gasteiger partial charge in [0.2, 0.25) is 0 Å². The van der Waals surface area contributed by atoms with Crippen molar-refractivity contribution in [2.45, 2.75) is 30.5 Å². The van der Waals surface area contributed by atoms with Crippen LogP contribution in [0.2, 0.25) is 0 Å². The van der Waals surface area contributed by atoms with Crippen LogP contribution in [0.3, 0.4) is 0 Å². The Balaban J connectivity index is 1.80. The van der Waals surface area contributed by atoms with Gasteiger partial charge in [-0.1, -0.05) is 17.4 Å². The fraction of sp³-hybridized carbons (Fsp3) is 0.182. The van der Waals surface area contributed by atoms with Crippen molar-refractivity contribution in [2.24, 2.45) is 0 Å². The minimum Gasteiger partial charge on any atom is -0.467 e. The lowest BCUT2D eigenvalue weighted by Crippen LogP contribution is -2.30. The zero-order valence-corrected chi connectivity index (χ0v) is 18.7. The fourth-order valence-corrected chi connectivity index (χ4v) is 5.19. The first kappa shape index (κ1) is 22.1. The highest BCUT2D eigenvalue weighted by Gasteiger charge is 2.26. The Kier molecular flexibility index (Phi) is 5.83. The molecule has 0 aliphatic rings. The minimum atomic E-state index is -3.60. The van der Waals surface area contributed by atoms with Gasteiger partial charge in [0.05, 0.1) is 27.7 Å². The van der Waals surface area contributed by atoms with Crippen LogP contribution in [0.5, 0.6) is 0 Å². The molecule has 0 N–H and O–H groups in total. The van der Waals surface area contributed by atoms with Gasteiger partial charge in [-0.2, -0.15) is 0 Å². The number of carbonyl (C=O) groups excluding carboxylic acids is 1. The third-order valence-corrected chi connectivity index (χ3v) is 7.98. The Morgan fingerprint density at radius 1 is 1.16 bits per heavy atom. The molecule has 166 valence electrons. The molecule has 0 bridgehead atoms. The summed E-state index contributed by atoms with van der Waals surface area (Å²) < 4.78 is 58.6. The number of hydrogen-bond donors (Lipinski definition) is 0. The van der Waals surface area contributed by atoms with E-state index in [0.29, 0.717) is 5.76 Å². The lowest BCUT2D eigenvalue weighted by atomic mass is 10.2. The van der Waals surface area contributed by atoms with Crippen molar-refractivity contribution in [1.82, 2.24) is 4.98 Å². The summed E-state index contributed by atoms with van der Waals surface area (Å²) in [4.78, 5) is 18.9. The number of benzene rings is 2. The zero-order chi connectivity index (χ0) is 23.0. The second kappa shape index (κ2) is 8.44. The van der Waals surface area contributed by atoms with Crippen molar-refractivity contribution in [3.63, 3.8) is 0 Å². The first-order valence-electron chi connectivity index (χ1n) is 9.60. The molecule has 2 aromatic carbocycles. The summed E-state index contributed by atoms with van der Waals surface area (Å²) >= 11 is 0.947. The van der Waals surface area contributed by atoms with E-state index in [1.54, 1.807) is 26.0 Å². The number of nitrogens with zero attached hydrogens (tertiary/aromatic N) is 2. The van der Waals surface area contributed by atoms with Gasteiger partial charge in [0.15, 0.2) is 20.8 Å². The van der Waals surface area contributed by atoms with Gasteiger partial charge in [-0.3, -0.25) is 9.69 Å². The van der Waals surface area contributed by atoms with Gasteiger partial charge in [0.25, 0.3) is 5.91 Å². The highest BCUT2D eigenvalue weighted by atomic mass is 32.2. The first-order chi connectivity index (χ1) is 15.2. The van der Waals surface area contributed by atoms with Crippen LogP contribution in [0.4, 0.5) is 13.9 Å². The van der Waals surface area contributed by atoms with E-state index in [-0.39, 0.29) is 32.4 Å². The van der Waals surface area contributed by atoms with Crippen molar-refractivity contribution < 1.29 is 26.4 Å². The minimum absolute atomic E-state index is 0.0220. The van der Waals surface area contributed by atoms with Crippen LogP contribution in [-0.4, -0.2) is 24.6 Å². The molecule has 0 radical (unpaired) electrons. The number of aromatic nitrogens is 1. The van der Waals surface area contributed by atoms with Crippen molar-refractivity contribution in [3.05, 3.63) is 77.8 Å². The predicted octanol–water partition coefficient (Wildman–Crippen LogP) is 5.20. The molecule has 2 aromatic heterocycles. The molecule has 10 heteroatoms. The average molecular weight is 477 g/mol. The van der Waals surface area contributed by atoms with Gasteiger partial charge in [-0.15, -0.1) is 0 Å². The number of amides is 1. The van der Waals surface area contributed by atoms with E-state index in [1.807, 2.05) is 0 Å². The molecule has 0 saturated carbocycles. The maximum absolute atomic E-state index is 14.2. The Morgan fingerprint density at radius 2 is 1.94 bits per heavy atom. The molecule has 4 aromatic rings. The standard InChI is InChI=1S/C22H18F2N2O4S2/c1-13(2)32(28,29)17-7-3-5-14(9-17)21(27)26(12-16-6-4-8-30-16)22-25-20-18(24)10-15(23)11-19(20)31-22/h3-11,13H,12H2,1-2H3. The third kappa shape index (κ3) is 4.15. The number of sulfone groups is 1. The second-order valence-corrected chi connectivity index (χ2v) is 10.8. The summed E-state index contributed by atoms with van der Waals surface area (Å²) in [6.45, 7) is 3.08. The molecule has 1 amide bonds. The monoisotopic (exact) mass is 476 g/mol. The Morgan fingerprint density at radius 3 is 2.62 bits per heavy atom. The van der Waals surface area contributed by atoms with E-state index in [9.17, 15) is 22.0 Å². The summed E-state index contributed by atoms with van der Waals surface area (Å²) in [7, 11) is -3.60. The van der Waals surface area contributed by atoms with E-state index in [4.69, 9.17) is 4.42 Å². The summed E-state index contributed by atoms with van der Waals surface area (Å²) in [6, 6.07) is 10.9. The number of carbonyl (C=O) groups is 1. The van der Waals surface area contributed by atoms with Crippen molar-refractivity contribution in [3.8, 4) is 0 Å². The number of anilines is 1. The highest BCUT2D eigenvalue weighted by molar-refractivity contribution is 7.92. The second-order valence-electron chi connectivity index (χ2n) is 7.32. The summed E-state index contributed by atoms with van der Waals surface area (Å²) in [6.07, 6.45) is 1.45. The molecule has 2 heterocycles. The number of rotatable bonds is 6. The maximum Gasteiger partial charge on any atom is 0.260 e. The van der Waals surface area contributed by atoms with Crippen LogP contribution in [0.25, 0.3) is 10.2 Å². The SMILES string of the molecule is CC(C)S(=O)(=O)c1cccc(C(=O)N(Cc2ccco2)c2nc3c(F)cc(F)cc3s2)c1. The van der Waals surface area contributed by atoms with E-state index in [1.165, 1.54) is 35.4 Å². The van der Waals surface area contributed by atoms with Crippen molar-refractivity contribution in [1.29, 1.82) is 0 Å². The molecule has 32 heavy (non-hydrogen) atoms. The summed E-state index contributed by atoms with van der Waals surface area (Å²) in [5, 5.41) is -0.530. The normalized spacial score (nSPS) is 11.9. The molecule has 6 nitrogen and oxygen atoms in total. The van der Waals surface area contributed by atoms with Crippen LogP contribution in [0.1, 0.15) is 30.0 Å². The average Bonchev–Trinajstić information content (AvgIpc) is 3.41. The summed E-state index contributed by atoms with van der Waals surface area (Å²) in [5.41, 5.74) is 0.0592. The van der Waals surface area contributed by atoms with Crippen molar-refractivity contribution in [2.75, 3.05) is 4.90 Å². The third-order valence-electron chi connectivity index (χ3n) is 4.80. The van der Waals surface area contributed by atoms with Gasteiger partial charge in [-0.05, 0) is 50.2 Å². The first-order valence-corrected chi connectivity index (χ1v) is 12.0. The molecular formula is C22H18F2N2O4S2. The van der Waals surface area contributed by atoms with Gasteiger partial charge in [0, 0.05) is 11.6 Å². The topological polar surface area (TPSA) is 80.5 Å². The molecule has 0 aliphatic carbocycles. The molecule has 4 rings (SSSR count). The highest BCUT2D eigenvalue weighted by Crippen LogP contribution is 2.33. The molecular weight excluding hydrogens is 458 g/mol. The summed E-state index contributed by atoms with van der Waals surface area (Å²) in [5.74, 6) is -1.70. The smallest absolute Gasteiger partial charge is 0.260 e. The molecule has 0 saturated heterocycles. The number of hydrogen-bond acceptors (Lipinski definition) is 6. The molecule has 0 fully saturated rings. The Labute approximate surface area is 187 Å². The number of fused-ring (bicyclic) bond motifs is 1. The lowest BCUT2D eigenvalue weighted by molar-refractivity contribution is 0.0983. The van der Waals surface area contributed by atoms with E-state index in [0.717, 1.165) is 23.5 Å². The van der Waals surface area contributed by atoms with Crippen LogP contribution < -0.4 is 4.90 Å². The van der Waals surface area contributed by atoms with E-state index in [2.05, 4.69) is 4.98 Å². The zero-order valence-electron chi connectivity index (χ0n) is 17.1. The fourth-order valence-electron chi connectivity index (χ4n) is 3.08. The van der Waals surface area contributed by atoms with Crippen LogP contribution >= 0.6 is 11.3 Å². The number of halogens is 2. The van der Waals surface area contributed by atoms with Crippen LogP contribution in [0, 0.1) is 11.6 Å². The number of thiazole rings is 1. The van der Waals surface area contributed by atoms with Gasteiger partial charge in [0.1, 0.15) is 17.1 Å². The van der Waals surface area contributed by atoms with E-state index >= 15 is 0 Å². The number of furan rings is 1. The molecule has 0 unspecified atom stereocenters. The van der Waals surface area contributed by atoms with Crippen molar-refractivity contribution >= 4 is 42.4 Å². The Hall–Kier alpha value is -3.11. The van der Waals surface area contributed by atoms with Gasteiger partial charge >= 0.3 is 0 Å². The van der Waals surface area contributed by atoms with Gasteiger partial charge in [-0.25, -0.2) is 22.2 Å². The molecule has 0 aliphatic heterocycles. The quantitative estimate of drug-likeness (QED) is 0.382. The largest absolute Gasteiger partial charge is 0.467 e. The van der Waals surface area contributed by atoms with Crippen LogP contribution in [0.15, 0.2) is 64.1 Å². The van der Waals surface area contributed by atoms with E-state index < -0.39 is 32.6 Å². The molecule has 0 atom stereocenters. The molecule has 0 spiro atoms. The maximum atomic E-state index is 14.2. The van der Waals surface area contributed by atoms with Gasteiger partial charge < -0.3 is 4.42 Å². The van der Waals surface area contributed by atoms with Crippen LogP contribution in [-0.2, 0) is 16.4 Å². The predicted molar refractivity (Wildman–Crippen MR) is 118 cm³/mol. The Bertz CT molecular complexity index is 1400.